The van der Waals surface area contributed by atoms with E-state index in [1.165, 1.54) is 0 Å². The van der Waals surface area contributed by atoms with Gasteiger partial charge in [0.25, 0.3) is 0 Å². The minimum atomic E-state index is 0.0423. The van der Waals surface area contributed by atoms with E-state index in [9.17, 15) is 4.79 Å². The van der Waals surface area contributed by atoms with Gasteiger partial charge in [-0.2, -0.15) is 0 Å². The van der Waals surface area contributed by atoms with Crippen LogP contribution in [-0.2, 0) is 9.53 Å². The summed E-state index contributed by atoms with van der Waals surface area (Å²) in [7, 11) is 0. The molecule has 1 unspecified atom stereocenters. The first-order valence-electron chi connectivity index (χ1n) is 7.54. The third-order valence-electron chi connectivity index (χ3n) is 3.72. The molecule has 0 spiro atoms. The number of carbonyl (C=O) groups is 1. The summed E-state index contributed by atoms with van der Waals surface area (Å²) in [5, 5.41) is 2.95. The molecule has 0 saturated carbocycles. The van der Waals surface area contributed by atoms with Crippen molar-refractivity contribution in [3.63, 3.8) is 0 Å². The van der Waals surface area contributed by atoms with Crippen LogP contribution >= 0.6 is 0 Å². The molecule has 1 amide bonds. The maximum absolute atomic E-state index is 12.1. The van der Waals surface area contributed by atoms with Gasteiger partial charge in [0.15, 0.2) is 0 Å². The summed E-state index contributed by atoms with van der Waals surface area (Å²) >= 11 is 0. The Morgan fingerprint density at radius 3 is 3.10 bits per heavy atom. The van der Waals surface area contributed by atoms with E-state index in [0.717, 1.165) is 43.9 Å². The van der Waals surface area contributed by atoms with Crippen LogP contribution in [-0.4, -0.2) is 43.2 Å². The molecule has 0 aliphatic carbocycles. The highest BCUT2D eigenvalue weighted by Gasteiger charge is 2.16. The van der Waals surface area contributed by atoms with Gasteiger partial charge in [-0.3, -0.25) is 4.79 Å². The highest BCUT2D eigenvalue weighted by atomic mass is 16.5. The van der Waals surface area contributed by atoms with Crippen LogP contribution in [0, 0.1) is 6.92 Å². The number of hydrogen-bond acceptors (Lipinski definition) is 4. The van der Waals surface area contributed by atoms with Gasteiger partial charge in [-0.15, -0.1) is 0 Å². The van der Waals surface area contributed by atoms with Gasteiger partial charge in [-0.25, -0.2) is 0 Å². The zero-order chi connectivity index (χ0) is 15.2. The summed E-state index contributed by atoms with van der Waals surface area (Å²) in [6, 6.07) is 5.52. The van der Waals surface area contributed by atoms with E-state index in [0.29, 0.717) is 12.1 Å². The fourth-order valence-corrected chi connectivity index (χ4v) is 2.58. The number of rotatable bonds is 4. The van der Waals surface area contributed by atoms with Crippen molar-refractivity contribution >= 4 is 17.3 Å². The first-order valence-corrected chi connectivity index (χ1v) is 7.54. The molecule has 0 aromatic heterocycles. The number of hydrogen-bond donors (Lipinski definition) is 2. The minimum absolute atomic E-state index is 0.0423. The van der Waals surface area contributed by atoms with Gasteiger partial charge in [-0.1, -0.05) is 0 Å². The third kappa shape index (κ3) is 5.02. The van der Waals surface area contributed by atoms with Gasteiger partial charge in [0.05, 0.1) is 6.10 Å². The molecule has 5 heteroatoms. The van der Waals surface area contributed by atoms with Crippen molar-refractivity contribution in [2.45, 2.75) is 32.8 Å². The zero-order valence-corrected chi connectivity index (χ0v) is 12.9. The Labute approximate surface area is 126 Å². The van der Waals surface area contributed by atoms with Crippen LogP contribution in [0.3, 0.4) is 0 Å². The molecule has 2 rings (SSSR count). The molecule has 21 heavy (non-hydrogen) atoms. The summed E-state index contributed by atoms with van der Waals surface area (Å²) in [6.07, 6.45) is 1.77. The SMILES string of the molecule is Cc1cc(N)ccc1NC(=O)CCN1CCCOC(C)C1. The molecule has 3 N–H and O–H groups in total. The van der Waals surface area contributed by atoms with E-state index < -0.39 is 0 Å². The second-order valence-electron chi connectivity index (χ2n) is 5.71. The van der Waals surface area contributed by atoms with Crippen molar-refractivity contribution in [2.75, 3.05) is 37.3 Å². The topological polar surface area (TPSA) is 67.6 Å². The number of ether oxygens (including phenoxy) is 1. The largest absolute Gasteiger partial charge is 0.399 e. The highest BCUT2D eigenvalue weighted by Crippen LogP contribution is 2.17. The smallest absolute Gasteiger partial charge is 0.225 e. The van der Waals surface area contributed by atoms with Gasteiger partial charge in [-0.05, 0) is 44.0 Å². The lowest BCUT2D eigenvalue weighted by Crippen LogP contribution is -2.33. The van der Waals surface area contributed by atoms with Crippen LogP contribution in [0.1, 0.15) is 25.3 Å². The van der Waals surface area contributed by atoms with E-state index in [1.54, 1.807) is 6.07 Å². The van der Waals surface area contributed by atoms with Crippen LogP contribution in [0.25, 0.3) is 0 Å². The average Bonchev–Trinajstić information content (AvgIpc) is 2.64. The predicted molar refractivity (Wildman–Crippen MR) is 85.3 cm³/mol. The Kier molecular flexibility index (Phi) is 5.59. The Balaban J connectivity index is 1.81. The second kappa shape index (κ2) is 7.43. The number of aryl methyl sites for hydroxylation is 1. The quantitative estimate of drug-likeness (QED) is 0.833. The van der Waals surface area contributed by atoms with Crippen molar-refractivity contribution in [1.29, 1.82) is 0 Å². The Morgan fingerprint density at radius 2 is 2.33 bits per heavy atom. The molecular weight excluding hydrogens is 266 g/mol. The van der Waals surface area contributed by atoms with E-state index in [4.69, 9.17) is 10.5 Å². The molecule has 1 aromatic carbocycles. The average molecular weight is 291 g/mol. The lowest BCUT2D eigenvalue weighted by atomic mass is 10.1. The number of nitrogens with zero attached hydrogens (tertiary/aromatic N) is 1. The summed E-state index contributed by atoms with van der Waals surface area (Å²) in [4.78, 5) is 14.4. The lowest BCUT2D eigenvalue weighted by molar-refractivity contribution is -0.116. The Bertz CT molecular complexity index is 490. The predicted octanol–water partition coefficient (Wildman–Crippen LogP) is 2.02. The summed E-state index contributed by atoms with van der Waals surface area (Å²) in [6.45, 7) is 7.50. The van der Waals surface area contributed by atoms with Crippen LogP contribution in [0.5, 0.6) is 0 Å². The number of amides is 1. The summed E-state index contributed by atoms with van der Waals surface area (Å²) in [5.74, 6) is 0.0423. The Morgan fingerprint density at radius 1 is 1.52 bits per heavy atom. The molecule has 1 aromatic rings. The van der Waals surface area contributed by atoms with Crippen LogP contribution in [0.4, 0.5) is 11.4 Å². The van der Waals surface area contributed by atoms with Crippen LogP contribution in [0.2, 0.25) is 0 Å². The number of nitrogen functional groups attached to an aromatic ring is 1. The van der Waals surface area contributed by atoms with Gasteiger partial charge in [0.2, 0.25) is 5.91 Å². The normalized spacial score (nSPS) is 20.0. The first-order chi connectivity index (χ1) is 10.0. The van der Waals surface area contributed by atoms with Crippen LogP contribution in [0.15, 0.2) is 18.2 Å². The van der Waals surface area contributed by atoms with E-state index in [2.05, 4.69) is 17.1 Å². The molecule has 1 heterocycles. The maximum Gasteiger partial charge on any atom is 0.225 e. The van der Waals surface area contributed by atoms with E-state index in [1.807, 2.05) is 19.1 Å². The molecule has 1 atom stereocenters. The highest BCUT2D eigenvalue weighted by molar-refractivity contribution is 5.91. The molecule has 116 valence electrons. The molecule has 5 nitrogen and oxygen atoms in total. The standard InChI is InChI=1S/C16H25N3O2/c1-12-10-14(17)4-5-15(12)18-16(20)6-8-19-7-3-9-21-13(2)11-19/h4-5,10,13H,3,6-9,11,17H2,1-2H3,(H,18,20). The van der Waals surface area contributed by atoms with Gasteiger partial charge < -0.3 is 20.7 Å². The number of anilines is 2. The lowest BCUT2D eigenvalue weighted by Gasteiger charge is -2.21. The molecule has 1 aliphatic heterocycles. The number of benzene rings is 1. The summed E-state index contributed by atoms with van der Waals surface area (Å²) < 4.78 is 5.61. The van der Waals surface area contributed by atoms with Crippen LogP contribution < -0.4 is 11.1 Å². The Hall–Kier alpha value is -1.59. The monoisotopic (exact) mass is 291 g/mol. The third-order valence-corrected chi connectivity index (χ3v) is 3.72. The summed E-state index contributed by atoms with van der Waals surface area (Å²) in [5.41, 5.74) is 8.24. The number of nitrogens with two attached hydrogens (primary N) is 1. The van der Waals surface area contributed by atoms with Crippen molar-refractivity contribution in [2.24, 2.45) is 0 Å². The molecular formula is C16H25N3O2. The maximum atomic E-state index is 12.1. The fraction of sp³-hybridized carbons (Fsp3) is 0.562. The molecule has 1 fully saturated rings. The van der Waals surface area contributed by atoms with Gasteiger partial charge in [0.1, 0.15) is 0 Å². The molecule has 0 bridgehead atoms. The van der Waals surface area contributed by atoms with Crippen molar-refractivity contribution in [3.8, 4) is 0 Å². The van der Waals surface area contributed by atoms with Crippen molar-refractivity contribution in [3.05, 3.63) is 23.8 Å². The second-order valence-corrected chi connectivity index (χ2v) is 5.71. The van der Waals surface area contributed by atoms with Crippen molar-refractivity contribution < 1.29 is 9.53 Å². The molecule has 1 aliphatic rings. The van der Waals surface area contributed by atoms with Gasteiger partial charge >= 0.3 is 0 Å². The van der Waals surface area contributed by atoms with Crippen molar-refractivity contribution in [1.82, 2.24) is 4.90 Å². The molecule has 1 saturated heterocycles. The number of carbonyl (C=O) groups excluding carboxylic acids is 1. The van der Waals surface area contributed by atoms with E-state index in [-0.39, 0.29) is 12.0 Å². The van der Waals surface area contributed by atoms with Gasteiger partial charge in [0, 0.05) is 44.0 Å². The fourth-order valence-electron chi connectivity index (χ4n) is 2.58. The molecule has 0 radical (unpaired) electrons. The van der Waals surface area contributed by atoms with E-state index >= 15 is 0 Å². The first kappa shape index (κ1) is 15.8. The zero-order valence-electron chi connectivity index (χ0n) is 12.9. The number of nitrogens with one attached hydrogen (secondary N) is 1. The minimum Gasteiger partial charge on any atom is -0.399 e.